The fraction of sp³-hybridized carbons (Fsp3) is 0. The summed E-state index contributed by atoms with van der Waals surface area (Å²) in [6.07, 6.45) is 0. The Morgan fingerprint density at radius 3 is 2.42 bits per heavy atom. The van der Waals surface area contributed by atoms with Crippen LogP contribution in [-0.4, -0.2) is 13.7 Å². The molecule has 0 amide bonds. The van der Waals surface area contributed by atoms with Crippen molar-refractivity contribution >= 4 is 38.8 Å². The van der Waals surface area contributed by atoms with Crippen molar-refractivity contribution in [3.8, 4) is 0 Å². The highest BCUT2D eigenvalue weighted by molar-refractivity contribution is 7.76. The van der Waals surface area contributed by atoms with Gasteiger partial charge in [0.2, 0.25) is 0 Å². The van der Waals surface area contributed by atoms with Gasteiger partial charge in [-0.1, -0.05) is 24.3 Å². The molecule has 0 radical (unpaired) electrons. The Balaban J connectivity index is 0.000000297. The monoisotopic (exact) mass is 274 g/mol. The summed E-state index contributed by atoms with van der Waals surface area (Å²) in [5.74, 6) is 0. The number of nitrogens with two attached hydrogens (primary N) is 2. The normalized spacial score (nSPS) is 11.9. The molecular weight excluding hydrogens is 262 g/mol. The van der Waals surface area contributed by atoms with Crippen LogP contribution in [0.3, 0.4) is 0 Å². The summed E-state index contributed by atoms with van der Waals surface area (Å²) in [5.41, 5.74) is 8.65. The molecule has 0 spiro atoms. The van der Waals surface area contributed by atoms with Crippen molar-refractivity contribution in [1.29, 1.82) is 0 Å². The first-order chi connectivity index (χ1) is 9.08. The van der Waals surface area contributed by atoms with Crippen LogP contribution in [0.15, 0.2) is 48.5 Å². The number of nitrogen functional groups attached to an aromatic ring is 1. The average Bonchev–Trinajstić information content (AvgIpc) is 2.37. The van der Waals surface area contributed by atoms with Crippen molar-refractivity contribution in [2.24, 2.45) is 5.14 Å². The van der Waals surface area contributed by atoms with Gasteiger partial charge < -0.3 is 10.3 Å². The largest absolute Gasteiger partial charge is 0.760 e. The second kappa shape index (κ2) is 5.75. The molecule has 4 N–H and O–H groups in total. The minimum absolute atomic E-state index is 0.783. The highest BCUT2D eigenvalue weighted by atomic mass is 32.2. The lowest BCUT2D eigenvalue weighted by atomic mass is 10.1. The first-order valence-corrected chi connectivity index (χ1v) is 6.59. The third kappa shape index (κ3) is 3.25. The van der Waals surface area contributed by atoms with Crippen molar-refractivity contribution in [2.75, 3.05) is 5.73 Å². The van der Waals surface area contributed by atoms with Gasteiger partial charge in [-0.3, -0.25) is 9.35 Å². The van der Waals surface area contributed by atoms with Crippen LogP contribution >= 0.6 is 0 Å². The quantitative estimate of drug-likeness (QED) is 0.370. The Morgan fingerprint density at radius 2 is 1.68 bits per heavy atom. The molecule has 0 saturated heterocycles. The molecule has 19 heavy (non-hydrogen) atoms. The summed E-state index contributed by atoms with van der Waals surface area (Å²) in [7, 11) is 0. The number of para-hydroxylation sites is 1. The first-order valence-electron chi connectivity index (χ1n) is 5.45. The van der Waals surface area contributed by atoms with Crippen LogP contribution in [0, 0.1) is 0 Å². The molecule has 2 aromatic carbocycles. The van der Waals surface area contributed by atoms with Gasteiger partial charge in [0.05, 0.1) is 11.0 Å². The number of aromatic nitrogens is 1. The molecule has 0 aliphatic carbocycles. The third-order valence-corrected chi connectivity index (χ3v) is 2.59. The van der Waals surface area contributed by atoms with E-state index in [1.165, 1.54) is 0 Å². The molecule has 1 atom stereocenters. The standard InChI is InChI=1S/C13H10N2.H3NO2S/c14-11-5-3-7-13-10(11)8-9-4-1-2-6-12(9)15-13;1-4(2)3/h1-8H,14H2;1H2,(H,2,3)/p-1. The zero-order chi connectivity index (χ0) is 13.8. The lowest BCUT2D eigenvalue weighted by Gasteiger charge is -2.03. The molecule has 0 fully saturated rings. The first kappa shape index (κ1) is 13.4. The fourth-order valence-electron chi connectivity index (χ4n) is 1.82. The van der Waals surface area contributed by atoms with Gasteiger partial charge in [-0.2, -0.15) is 0 Å². The minimum atomic E-state index is -2.36. The van der Waals surface area contributed by atoms with Crippen LogP contribution in [0.5, 0.6) is 0 Å². The van der Waals surface area contributed by atoms with Crippen LogP contribution < -0.4 is 10.9 Å². The van der Waals surface area contributed by atoms with Crippen LogP contribution in [-0.2, 0) is 11.3 Å². The molecule has 0 saturated carbocycles. The van der Waals surface area contributed by atoms with E-state index < -0.39 is 11.3 Å². The number of benzene rings is 2. The number of hydrogen-bond acceptors (Lipinski definition) is 4. The summed E-state index contributed by atoms with van der Waals surface area (Å²) < 4.78 is 17.6. The zero-order valence-corrected chi connectivity index (χ0v) is 10.8. The Labute approximate surface area is 112 Å². The highest BCUT2D eigenvalue weighted by Crippen LogP contribution is 2.23. The van der Waals surface area contributed by atoms with Gasteiger partial charge in [-0.05, 0) is 24.3 Å². The van der Waals surface area contributed by atoms with E-state index in [2.05, 4.69) is 16.2 Å². The highest BCUT2D eigenvalue weighted by Gasteiger charge is 2.00. The summed E-state index contributed by atoms with van der Waals surface area (Å²) in [6, 6.07) is 16.0. The van der Waals surface area contributed by atoms with E-state index in [1.54, 1.807) is 0 Å². The smallest absolute Gasteiger partial charge is 0.0730 e. The number of nitrogens with zero attached hydrogens (tertiary/aromatic N) is 1. The Hall–Kier alpha value is -2.02. The summed E-state index contributed by atoms with van der Waals surface area (Å²) in [5, 5.41) is 6.18. The number of anilines is 1. The van der Waals surface area contributed by atoms with E-state index in [0.29, 0.717) is 0 Å². The van der Waals surface area contributed by atoms with Crippen LogP contribution in [0.2, 0.25) is 0 Å². The van der Waals surface area contributed by atoms with Crippen molar-refractivity contribution in [1.82, 2.24) is 4.98 Å². The molecule has 6 heteroatoms. The molecule has 1 aromatic heterocycles. The van der Waals surface area contributed by atoms with Crippen LogP contribution in [0.1, 0.15) is 0 Å². The molecule has 3 aromatic rings. The average molecular weight is 274 g/mol. The van der Waals surface area contributed by atoms with E-state index >= 15 is 0 Å². The van der Waals surface area contributed by atoms with Gasteiger partial charge >= 0.3 is 0 Å². The van der Waals surface area contributed by atoms with E-state index in [1.807, 2.05) is 42.5 Å². The molecule has 5 nitrogen and oxygen atoms in total. The second-order valence-corrected chi connectivity index (χ2v) is 4.38. The minimum Gasteiger partial charge on any atom is -0.760 e. The van der Waals surface area contributed by atoms with E-state index in [4.69, 9.17) is 14.5 Å². The summed E-state index contributed by atoms with van der Waals surface area (Å²) in [6.45, 7) is 0. The predicted octanol–water partition coefficient (Wildman–Crippen LogP) is 1.71. The van der Waals surface area contributed by atoms with Crippen LogP contribution in [0.25, 0.3) is 21.8 Å². The molecule has 0 aliphatic rings. The van der Waals surface area contributed by atoms with E-state index in [0.717, 1.165) is 27.5 Å². The van der Waals surface area contributed by atoms with Gasteiger partial charge in [0.1, 0.15) is 0 Å². The summed E-state index contributed by atoms with van der Waals surface area (Å²) in [4.78, 5) is 4.56. The van der Waals surface area contributed by atoms with Crippen molar-refractivity contribution in [3.05, 3.63) is 48.5 Å². The SMILES string of the molecule is NS(=O)[O-].Nc1cccc2nc3ccccc3cc12. The Morgan fingerprint density at radius 1 is 1.05 bits per heavy atom. The number of rotatable bonds is 0. The van der Waals surface area contributed by atoms with Gasteiger partial charge in [0, 0.05) is 27.7 Å². The maximum atomic E-state index is 8.78. The lowest BCUT2D eigenvalue weighted by molar-refractivity contribution is 0.539. The van der Waals surface area contributed by atoms with Gasteiger partial charge in [0.25, 0.3) is 0 Å². The van der Waals surface area contributed by atoms with Gasteiger partial charge in [-0.25, -0.2) is 4.98 Å². The molecule has 1 heterocycles. The number of fused-ring (bicyclic) bond motifs is 2. The van der Waals surface area contributed by atoms with Crippen LogP contribution in [0.4, 0.5) is 5.69 Å². The number of hydrogen-bond donors (Lipinski definition) is 2. The molecule has 0 aliphatic heterocycles. The topological polar surface area (TPSA) is 105 Å². The number of pyridine rings is 1. The Kier molecular flexibility index (Phi) is 4.06. The molecule has 3 rings (SSSR count). The second-order valence-electron chi connectivity index (χ2n) is 3.86. The third-order valence-electron chi connectivity index (χ3n) is 2.59. The maximum Gasteiger partial charge on any atom is 0.0730 e. The lowest BCUT2D eigenvalue weighted by Crippen LogP contribution is -1.97. The van der Waals surface area contributed by atoms with Crippen molar-refractivity contribution < 1.29 is 8.76 Å². The predicted molar refractivity (Wildman–Crippen MR) is 76.8 cm³/mol. The fourth-order valence-corrected chi connectivity index (χ4v) is 1.82. The van der Waals surface area contributed by atoms with Crippen molar-refractivity contribution in [2.45, 2.75) is 0 Å². The molecule has 98 valence electrons. The molecular formula is C13H12N3O2S-. The summed E-state index contributed by atoms with van der Waals surface area (Å²) >= 11 is -2.36. The molecule has 0 bridgehead atoms. The molecule has 1 unspecified atom stereocenters. The maximum absolute atomic E-state index is 8.78. The van der Waals surface area contributed by atoms with Gasteiger partial charge in [0.15, 0.2) is 0 Å². The zero-order valence-electron chi connectivity index (χ0n) is 9.95. The van der Waals surface area contributed by atoms with E-state index in [-0.39, 0.29) is 0 Å². The van der Waals surface area contributed by atoms with Gasteiger partial charge in [-0.15, -0.1) is 0 Å². The van der Waals surface area contributed by atoms with Crippen molar-refractivity contribution in [3.63, 3.8) is 0 Å². The van der Waals surface area contributed by atoms with E-state index in [9.17, 15) is 0 Å². The Bertz CT molecular complexity index is 742.